The van der Waals surface area contributed by atoms with E-state index in [2.05, 4.69) is 15.2 Å². The fraction of sp³-hybridized carbons (Fsp3) is 0.389. The number of carbonyl (C=O) groups excluding carboxylic acids is 1. The highest BCUT2D eigenvalue weighted by Gasteiger charge is 2.06. The molecule has 7 nitrogen and oxygen atoms in total. The number of hydrogen-bond donors (Lipinski definition) is 3. The zero-order valence-corrected chi connectivity index (χ0v) is 15.5. The van der Waals surface area contributed by atoms with E-state index >= 15 is 0 Å². The van der Waals surface area contributed by atoms with Crippen molar-refractivity contribution in [1.82, 2.24) is 10.2 Å². The molecule has 8 heteroatoms. The van der Waals surface area contributed by atoms with Crippen molar-refractivity contribution in [3.63, 3.8) is 0 Å². The van der Waals surface area contributed by atoms with E-state index in [4.69, 9.17) is 16.9 Å². The zero-order valence-electron chi connectivity index (χ0n) is 14.6. The molecule has 0 fully saturated rings. The van der Waals surface area contributed by atoms with Gasteiger partial charge in [-0.25, -0.2) is 4.99 Å². The highest BCUT2D eigenvalue weighted by molar-refractivity contribution is 7.15. The van der Waals surface area contributed by atoms with Gasteiger partial charge in [0.05, 0.1) is 6.42 Å². The zero-order chi connectivity index (χ0) is 18.8. The molecule has 26 heavy (non-hydrogen) atoms. The van der Waals surface area contributed by atoms with Crippen molar-refractivity contribution in [3.8, 4) is 0 Å². The standard InChI is InChI=1S/C18H24N6OS/c19-14(8-4-5-9-17-23-24-18(21)26-17)10-11-15(20)22-16(25)12-13-6-2-1-3-7-13/h1-3,6-7,19H,4-5,8-12H2,(H2,21,24)(H2,20,22,25). The molecule has 0 aliphatic carbocycles. The Labute approximate surface area is 157 Å². The molecule has 0 unspecified atom stereocenters. The van der Waals surface area contributed by atoms with Crippen LogP contribution in [-0.4, -0.2) is 27.7 Å². The summed E-state index contributed by atoms with van der Waals surface area (Å²) >= 11 is 1.40. The minimum absolute atomic E-state index is 0.245. The third-order valence-corrected chi connectivity index (χ3v) is 4.56. The van der Waals surface area contributed by atoms with Gasteiger partial charge in [-0.2, -0.15) is 0 Å². The summed E-state index contributed by atoms with van der Waals surface area (Å²) in [6.45, 7) is 0. The maximum atomic E-state index is 11.9. The Kier molecular flexibility index (Phi) is 7.88. The molecule has 2 rings (SSSR count). The number of aromatic nitrogens is 2. The van der Waals surface area contributed by atoms with E-state index in [0.717, 1.165) is 29.8 Å². The summed E-state index contributed by atoms with van der Waals surface area (Å²) in [5.74, 6) is 0.0385. The molecule has 1 heterocycles. The Morgan fingerprint density at radius 3 is 2.58 bits per heavy atom. The third kappa shape index (κ3) is 7.52. The van der Waals surface area contributed by atoms with Gasteiger partial charge < -0.3 is 16.9 Å². The third-order valence-electron chi connectivity index (χ3n) is 3.75. The first-order valence-electron chi connectivity index (χ1n) is 8.57. The molecule has 2 aromatic rings. The molecular weight excluding hydrogens is 348 g/mol. The number of carbonyl (C=O) groups is 1. The number of nitrogens with zero attached hydrogens (tertiary/aromatic N) is 3. The average Bonchev–Trinajstić information content (AvgIpc) is 3.03. The second kappa shape index (κ2) is 10.4. The lowest BCUT2D eigenvalue weighted by molar-refractivity contribution is -0.117. The molecule has 1 amide bonds. The number of nitrogens with one attached hydrogen (secondary N) is 1. The number of aliphatic imine (C=N–C) groups is 1. The molecule has 1 aromatic carbocycles. The molecule has 0 radical (unpaired) electrons. The first-order chi connectivity index (χ1) is 12.5. The minimum atomic E-state index is -0.253. The van der Waals surface area contributed by atoms with Crippen LogP contribution in [0.25, 0.3) is 0 Å². The van der Waals surface area contributed by atoms with Crippen molar-refractivity contribution < 1.29 is 4.79 Å². The Bertz CT molecular complexity index is 756. The van der Waals surface area contributed by atoms with Crippen LogP contribution in [0, 0.1) is 5.41 Å². The smallest absolute Gasteiger partial charge is 0.251 e. The number of rotatable bonds is 10. The molecule has 5 N–H and O–H groups in total. The molecule has 0 spiro atoms. The maximum absolute atomic E-state index is 11.9. The Morgan fingerprint density at radius 1 is 1.12 bits per heavy atom. The molecule has 0 atom stereocenters. The van der Waals surface area contributed by atoms with Crippen LogP contribution in [-0.2, 0) is 17.6 Å². The highest BCUT2D eigenvalue weighted by Crippen LogP contribution is 2.14. The summed E-state index contributed by atoms with van der Waals surface area (Å²) in [6.07, 6.45) is 4.60. The van der Waals surface area contributed by atoms with Gasteiger partial charge in [-0.3, -0.25) is 4.79 Å². The monoisotopic (exact) mass is 372 g/mol. The number of benzene rings is 1. The summed E-state index contributed by atoms with van der Waals surface area (Å²) < 4.78 is 0. The lowest BCUT2D eigenvalue weighted by Gasteiger charge is -2.04. The summed E-state index contributed by atoms with van der Waals surface area (Å²) in [5.41, 5.74) is 12.9. The van der Waals surface area contributed by atoms with E-state index in [1.165, 1.54) is 11.3 Å². The molecule has 0 aliphatic heterocycles. The number of amidine groups is 1. The van der Waals surface area contributed by atoms with Crippen LogP contribution in [0.15, 0.2) is 35.3 Å². The molecule has 0 bridgehead atoms. The summed E-state index contributed by atoms with van der Waals surface area (Å²) in [5, 5.41) is 17.2. The van der Waals surface area contributed by atoms with Gasteiger partial charge in [0.2, 0.25) is 5.13 Å². The van der Waals surface area contributed by atoms with Crippen molar-refractivity contribution in [3.05, 3.63) is 40.9 Å². The number of aryl methyl sites for hydroxylation is 1. The van der Waals surface area contributed by atoms with Gasteiger partial charge in [-0.1, -0.05) is 41.7 Å². The highest BCUT2D eigenvalue weighted by atomic mass is 32.1. The molecule has 1 aromatic heterocycles. The quantitative estimate of drug-likeness (QED) is 0.335. The Morgan fingerprint density at radius 2 is 1.88 bits per heavy atom. The number of nitrogens with two attached hydrogens (primary N) is 2. The van der Waals surface area contributed by atoms with Crippen LogP contribution in [0.3, 0.4) is 0 Å². The predicted molar refractivity (Wildman–Crippen MR) is 106 cm³/mol. The van der Waals surface area contributed by atoms with Gasteiger partial charge in [0, 0.05) is 18.6 Å². The lowest BCUT2D eigenvalue weighted by atomic mass is 10.1. The lowest BCUT2D eigenvalue weighted by Crippen LogP contribution is -2.16. The number of anilines is 1. The summed E-state index contributed by atoms with van der Waals surface area (Å²) in [6, 6.07) is 9.44. The Hall–Kier alpha value is -2.61. The van der Waals surface area contributed by atoms with E-state index in [1.54, 1.807) is 0 Å². The van der Waals surface area contributed by atoms with Crippen LogP contribution < -0.4 is 11.5 Å². The number of amides is 1. The fourth-order valence-electron chi connectivity index (χ4n) is 2.41. The maximum Gasteiger partial charge on any atom is 0.251 e. The molecule has 0 saturated carbocycles. The number of nitrogen functional groups attached to an aromatic ring is 1. The SMILES string of the molecule is N=C(CCCCc1nnc(N)s1)CCC(N)=NC(=O)Cc1ccccc1. The molecule has 0 saturated heterocycles. The number of unbranched alkanes of at least 4 members (excludes halogenated alkanes) is 1. The average molecular weight is 372 g/mol. The van der Waals surface area contributed by atoms with Crippen molar-refractivity contribution in [1.29, 1.82) is 5.41 Å². The van der Waals surface area contributed by atoms with Gasteiger partial charge in [0.15, 0.2) is 0 Å². The second-order valence-electron chi connectivity index (χ2n) is 6.00. The summed E-state index contributed by atoms with van der Waals surface area (Å²) in [7, 11) is 0. The van der Waals surface area contributed by atoms with Crippen molar-refractivity contribution >= 4 is 33.9 Å². The summed E-state index contributed by atoms with van der Waals surface area (Å²) in [4.78, 5) is 15.8. The van der Waals surface area contributed by atoms with E-state index in [0.29, 0.717) is 35.9 Å². The van der Waals surface area contributed by atoms with Crippen LogP contribution in [0.2, 0.25) is 0 Å². The first-order valence-corrected chi connectivity index (χ1v) is 9.38. The van der Waals surface area contributed by atoms with E-state index in [9.17, 15) is 4.79 Å². The fourth-order valence-corrected chi connectivity index (χ4v) is 3.06. The molecular formula is C18H24N6OS. The Balaban J connectivity index is 1.62. The normalized spacial score (nSPS) is 11.5. The van der Waals surface area contributed by atoms with E-state index < -0.39 is 0 Å². The van der Waals surface area contributed by atoms with E-state index in [1.807, 2.05) is 30.3 Å². The van der Waals surface area contributed by atoms with E-state index in [-0.39, 0.29) is 12.3 Å². The van der Waals surface area contributed by atoms with Crippen molar-refractivity contribution in [2.75, 3.05) is 5.73 Å². The van der Waals surface area contributed by atoms with Crippen LogP contribution >= 0.6 is 11.3 Å². The minimum Gasteiger partial charge on any atom is -0.387 e. The second-order valence-corrected chi connectivity index (χ2v) is 7.10. The predicted octanol–water partition coefficient (Wildman–Crippen LogP) is 2.76. The largest absolute Gasteiger partial charge is 0.387 e. The van der Waals surface area contributed by atoms with Gasteiger partial charge in [0.1, 0.15) is 10.8 Å². The first kappa shape index (κ1) is 19.7. The van der Waals surface area contributed by atoms with Crippen LogP contribution in [0.4, 0.5) is 5.13 Å². The van der Waals surface area contributed by atoms with Crippen molar-refractivity contribution in [2.24, 2.45) is 10.7 Å². The molecule has 138 valence electrons. The van der Waals surface area contributed by atoms with Gasteiger partial charge >= 0.3 is 0 Å². The van der Waals surface area contributed by atoms with Crippen molar-refractivity contribution in [2.45, 2.75) is 44.9 Å². The van der Waals surface area contributed by atoms with Crippen LogP contribution in [0.1, 0.15) is 42.7 Å². The van der Waals surface area contributed by atoms with Gasteiger partial charge in [0.25, 0.3) is 5.91 Å². The van der Waals surface area contributed by atoms with Gasteiger partial charge in [-0.05, 0) is 31.2 Å². The van der Waals surface area contributed by atoms with Crippen LogP contribution in [0.5, 0.6) is 0 Å². The topological polar surface area (TPSA) is 131 Å². The van der Waals surface area contributed by atoms with Gasteiger partial charge in [-0.15, -0.1) is 10.2 Å². The number of hydrogen-bond acceptors (Lipinski definition) is 6. The molecule has 0 aliphatic rings.